The van der Waals surface area contributed by atoms with E-state index in [1.807, 2.05) is 30.3 Å². The van der Waals surface area contributed by atoms with Crippen LogP contribution in [0, 0.1) is 11.8 Å². The Bertz CT molecular complexity index is 824. The lowest BCUT2D eigenvalue weighted by Gasteiger charge is -2.34. The number of likely N-dealkylation sites (tertiary alicyclic amines) is 1. The summed E-state index contributed by atoms with van der Waals surface area (Å²) in [5, 5.41) is 7.25. The quantitative estimate of drug-likeness (QED) is 0.747. The van der Waals surface area contributed by atoms with Gasteiger partial charge in [0, 0.05) is 31.3 Å². The van der Waals surface area contributed by atoms with Gasteiger partial charge in [-0.05, 0) is 37.3 Å². The van der Waals surface area contributed by atoms with E-state index in [1.165, 1.54) is 17.2 Å². The summed E-state index contributed by atoms with van der Waals surface area (Å²) in [4.78, 5) is 26.8. The van der Waals surface area contributed by atoms with Crippen molar-refractivity contribution < 1.29 is 4.79 Å². The first-order valence-corrected chi connectivity index (χ1v) is 10.1. The number of hydrogen-bond acceptors (Lipinski definition) is 4. The molecule has 0 radical (unpaired) electrons. The van der Waals surface area contributed by atoms with Crippen molar-refractivity contribution in [1.82, 2.24) is 20.0 Å². The molecule has 0 aliphatic carbocycles. The van der Waals surface area contributed by atoms with E-state index >= 15 is 0 Å². The van der Waals surface area contributed by atoms with Crippen LogP contribution >= 0.6 is 0 Å². The fourth-order valence-electron chi connectivity index (χ4n) is 4.02. The minimum absolute atomic E-state index is 0.0582. The Morgan fingerprint density at radius 1 is 1.11 bits per heavy atom. The van der Waals surface area contributed by atoms with Gasteiger partial charge in [-0.2, -0.15) is 5.10 Å². The number of carbonyl (C=O) groups is 1. The lowest BCUT2D eigenvalue weighted by molar-refractivity contribution is -0.121. The summed E-state index contributed by atoms with van der Waals surface area (Å²) in [5.41, 5.74) is 1.33. The average molecular weight is 383 g/mol. The number of piperidine rings is 1. The third-order valence-electron chi connectivity index (χ3n) is 5.15. The van der Waals surface area contributed by atoms with E-state index in [4.69, 9.17) is 0 Å². The summed E-state index contributed by atoms with van der Waals surface area (Å²) in [7, 11) is 0. The van der Waals surface area contributed by atoms with E-state index in [2.05, 4.69) is 29.2 Å². The highest BCUT2D eigenvalue weighted by molar-refractivity contribution is 5.75. The average Bonchev–Trinajstić information content (AvgIpc) is 2.67. The molecule has 1 aliphatic rings. The number of amides is 1. The molecule has 1 saturated heterocycles. The molecule has 1 aliphatic heterocycles. The van der Waals surface area contributed by atoms with Crippen LogP contribution in [0.4, 0.5) is 0 Å². The van der Waals surface area contributed by atoms with Crippen molar-refractivity contribution in [2.75, 3.05) is 26.2 Å². The molecule has 2 aromatic rings. The van der Waals surface area contributed by atoms with Crippen molar-refractivity contribution in [3.8, 4) is 11.3 Å². The normalized spacial score (nSPS) is 20.1. The second-order valence-corrected chi connectivity index (χ2v) is 7.99. The first kappa shape index (κ1) is 20.3. The van der Waals surface area contributed by atoms with Crippen molar-refractivity contribution in [2.45, 2.75) is 33.2 Å². The van der Waals surface area contributed by atoms with Gasteiger partial charge in [-0.3, -0.25) is 9.59 Å². The Morgan fingerprint density at radius 3 is 2.54 bits per heavy atom. The zero-order valence-corrected chi connectivity index (χ0v) is 16.8. The Balaban J connectivity index is 1.48. The number of nitrogens with one attached hydrogen (secondary N) is 1. The molecule has 6 nitrogen and oxygen atoms in total. The second kappa shape index (κ2) is 9.64. The predicted molar refractivity (Wildman–Crippen MR) is 111 cm³/mol. The van der Waals surface area contributed by atoms with E-state index in [-0.39, 0.29) is 18.0 Å². The van der Waals surface area contributed by atoms with Gasteiger partial charge in [0.2, 0.25) is 5.91 Å². The van der Waals surface area contributed by atoms with Gasteiger partial charge >= 0.3 is 0 Å². The molecule has 6 heteroatoms. The van der Waals surface area contributed by atoms with Crippen LogP contribution in [0.2, 0.25) is 0 Å². The maximum Gasteiger partial charge on any atom is 0.267 e. The van der Waals surface area contributed by atoms with Crippen molar-refractivity contribution in [3.05, 3.63) is 52.8 Å². The number of benzene rings is 1. The minimum atomic E-state index is -0.272. The summed E-state index contributed by atoms with van der Waals surface area (Å²) in [6.07, 6.45) is 2.22. The topological polar surface area (TPSA) is 67.2 Å². The summed E-state index contributed by atoms with van der Waals surface area (Å²) < 4.78 is 1.23. The summed E-state index contributed by atoms with van der Waals surface area (Å²) >= 11 is 0. The highest BCUT2D eigenvalue weighted by atomic mass is 16.2. The standard InChI is InChI=1S/C22H30N4O2/c1-17-13-18(2)15-25(14-17)12-6-11-23-21(27)16-26-22(28)10-9-20(24-26)19-7-4-3-5-8-19/h3-5,7-10,17-18H,6,11-16H2,1-2H3,(H,23,27)/t17-,18+. The van der Waals surface area contributed by atoms with Crippen LogP contribution in [-0.4, -0.2) is 46.8 Å². The Morgan fingerprint density at radius 2 is 1.82 bits per heavy atom. The largest absolute Gasteiger partial charge is 0.354 e. The maximum absolute atomic E-state index is 12.2. The minimum Gasteiger partial charge on any atom is -0.354 e. The Hall–Kier alpha value is -2.47. The molecule has 0 bridgehead atoms. The van der Waals surface area contributed by atoms with E-state index in [0.29, 0.717) is 12.2 Å². The summed E-state index contributed by atoms with van der Waals surface area (Å²) in [5.74, 6) is 1.31. The first-order valence-electron chi connectivity index (χ1n) is 10.1. The molecule has 28 heavy (non-hydrogen) atoms. The zero-order chi connectivity index (χ0) is 19.9. The van der Waals surface area contributed by atoms with Crippen LogP contribution in [-0.2, 0) is 11.3 Å². The highest BCUT2D eigenvalue weighted by Crippen LogP contribution is 2.20. The fraction of sp³-hybridized carbons (Fsp3) is 0.500. The second-order valence-electron chi connectivity index (χ2n) is 7.99. The molecule has 1 amide bonds. The van der Waals surface area contributed by atoms with Gasteiger partial charge in [-0.25, -0.2) is 4.68 Å². The van der Waals surface area contributed by atoms with Crippen LogP contribution in [0.5, 0.6) is 0 Å². The molecule has 1 aromatic heterocycles. The van der Waals surface area contributed by atoms with Crippen LogP contribution in [0.1, 0.15) is 26.7 Å². The number of nitrogens with zero attached hydrogens (tertiary/aromatic N) is 3. The lowest BCUT2D eigenvalue weighted by atomic mass is 9.92. The maximum atomic E-state index is 12.2. The molecule has 1 fully saturated rings. The van der Waals surface area contributed by atoms with Gasteiger partial charge in [-0.1, -0.05) is 44.2 Å². The van der Waals surface area contributed by atoms with Gasteiger partial charge in [0.1, 0.15) is 6.54 Å². The highest BCUT2D eigenvalue weighted by Gasteiger charge is 2.21. The summed E-state index contributed by atoms with van der Waals surface area (Å²) in [6.45, 7) is 8.45. The third-order valence-corrected chi connectivity index (χ3v) is 5.15. The predicted octanol–water partition coefficient (Wildman–Crippen LogP) is 2.39. The Kier molecular flexibility index (Phi) is 6.98. The van der Waals surface area contributed by atoms with Crippen molar-refractivity contribution in [2.24, 2.45) is 11.8 Å². The molecule has 0 saturated carbocycles. The molecule has 2 heterocycles. The van der Waals surface area contributed by atoms with Gasteiger partial charge in [-0.15, -0.1) is 0 Å². The molecular formula is C22H30N4O2. The molecule has 3 rings (SSSR count). The van der Waals surface area contributed by atoms with Crippen molar-refractivity contribution in [3.63, 3.8) is 0 Å². The zero-order valence-electron chi connectivity index (χ0n) is 16.8. The van der Waals surface area contributed by atoms with Crippen LogP contribution in [0.25, 0.3) is 11.3 Å². The molecule has 1 aromatic carbocycles. The van der Waals surface area contributed by atoms with Gasteiger partial charge < -0.3 is 10.2 Å². The van der Waals surface area contributed by atoms with Crippen LogP contribution < -0.4 is 10.9 Å². The Labute approximate surface area is 166 Å². The lowest BCUT2D eigenvalue weighted by Crippen LogP contribution is -2.40. The number of hydrogen-bond donors (Lipinski definition) is 1. The molecule has 150 valence electrons. The smallest absolute Gasteiger partial charge is 0.267 e. The van der Waals surface area contributed by atoms with Crippen molar-refractivity contribution in [1.29, 1.82) is 0 Å². The SMILES string of the molecule is C[C@@H]1C[C@H](C)CN(CCCNC(=O)Cn2nc(-c3ccccc3)ccc2=O)C1. The van der Waals surface area contributed by atoms with Crippen LogP contribution in [0.15, 0.2) is 47.3 Å². The first-order chi connectivity index (χ1) is 13.5. The molecule has 0 spiro atoms. The molecule has 1 N–H and O–H groups in total. The van der Waals surface area contributed by atoms with E-state index in [1.54, 1.807) is 6.07 Å². The number of carbonyl (C=O) groups excluding carboxylic acids is 1. The van der Waals surface area contributed by atoms with E-state index in [0.717, 1.165) is 43.5 Å². The van der Waals surface area contributed by atoms with E-state index in [9.17, 15) is 9.59 Å². The van der Waals surface area contributed by atoms with Gasteiger partial charge in [0.05, 0.1) is 5.69 Å². The van der Waals surface area contributed by atoms with Crippen LogP contribution in [0.3, 0.4) is 0 Å². The number of rotatable bonds is 7. The van der Waals surface area contributed by atoms with Crippen molar-refractivity contribution >= 4 is 5.91 Å². The van der Waals surface area contributed by atoms with Gasteiger partial charge in [0.25, 0.3) is 5.56 Å². The summed E-state index contributed by atoms with van der Waals surface area (Å²) in [6, 6.07) is 12.8. The monoisotopic (exact) mass is 382 g/mol. The molecule has 2 atom stereocenters. The molecule has 0 unspecified atom stereocenters. The fourth-order valence-corrected chi connectivity index (χ4v) is 4.02. The third kappa shape index (κ3) is 5.76. The molecular weight excluding hydrogens is 352 g/mol. The van der Waals surface area contributed by atoms with E-state index < -0.39 is 0 Å². The number of aromatic nitrogens is 2. The van der Waals surface area contributed by atoms with Gasteiger partial charge in [0.15, 0.2) is 0 Å².